The third kappa shape index (κ3) is 2.14. The third-order valence-electron chi connectivity index (χ3n) is 3.69. The Labute approximate surface area is 127 Å². The molecule has 0 saturated carbocycles. The fourth-order valence-corrected chi connectivity index (χ4v) is 2.70. The van der Waals surface area contributed by atoms with Gasteiger partial charge in [-0.1, -0.05) is 0 Å². The summed E-state index contributed by atoms with van der Waals surface area (Å²) in [6.45, 7) is 6.18. The molecular weight excluding hydrogens is 282 g/mol. The lowest BCUT2D eigenvalue weighted by Crippen LogP contribution is -2.04. The van der Waals surface area contributed by atoms with Gasteiger partial charge in [0.15, 0.2) is 0 Å². The number of carbonyl (C=O) groups is 1. The molecule has 2 aromatic heterocycles. The summed E-state index contributed by atoms with van der Waals surface area (Å²) in [6.07, 6.45) is 2.04. The normalized spacial score (nSPS) is 11.3. The number of hydrogen-bond acceptors (Lipinski definition) is 5. The summed E-state index contributed by atoms with van der Waals surface area (Å²) in [5, 5.41) is 14.9. The fourth-order valence-electron chi connectivity index (χ4n) is 2.70. The zero-order chi connectivity index (χ0) is 15.9. The van der Waals surface area contributed by atoms with Crippen LogP contribution in [0.5, 0.6) is 0 Å². The number of nitrogens with zero attached hydrogens (tertiary/aromatic N) is 4. The van der Waals surface area contributed by atoms with Crippen molar-refractivity contribution in [3.63, 3.8) is 0 Å². The van der Waals surface area contributed by atoms with Gasteiger partial charge in [0.25, 0.3) is 0 Å². The van der Waals surface area contributed by atoms with Crippen LogP contribution in [0.1, 0.15) is 35.8 Å². The summed E-state index contributed by atoms with van der Waals surface area (Å²) in [4.78, 5) is 12.2. The van der Waals surface area contributed by atoms with E-state index in [-0.39, 0.29) is 12.0 Å². The third-order valence-corrected chi connectivity index (χ3v) is 3.69. The quantitative estimate of drug-likeness (QED) is 0.751. The summed E-state index contributed by atoms with van der Waals surface area (Å²) in [5.74, 6) is 0.0705. The van der Waals surface area contributed by atoms with Gasteiger partial charge in [-0.2, -0.15) is 5.21 Å². The topological polar surface area (TPSA) is 85.7 Å². The van der Waals surface area contributed by atoms with Gasteiger partial charge in [-0.15, -0.1) is 10.2 Å². The average Bonchev–Trinajstić information content (AvgIpc) is 3.14. The Hall–Kier alpha value is -2.70. The molecule has 0 bridgehead atoms. The number of ether oxygens (including phenoxy) is 1. The van der Waals surface area contributed by atoms with E-state index in [1.165, 1.54) is 7.11 Å². The van der Waals surface area contributed by atoms with E-state index in [4.69, 9.17) is 4.74 Å². The van der Waals surface area contributed by atoms with Gasteiger partial charge in [-0.3, -0.25) is 0 Å². The van der Waals surface area contributed by atoms with Gasteiger partial charge in [0.1, 0.15) is 0 Å². The average molecular weight is 299 g/mol. The first-order chi connectivity index (χ1) is 10.5. The van der Waals surface area contributed by atoms with Crippen LogP contribution < -0.4 is 0 Å². The Morgan fingerprint density at radius 3 is 2.73 bits per heavy atom. The van der Waals surface area contributed by atoms with Crippen LogP contribution in [0.15, 0.2) is 18.3 Å². The van der Waals surface area contributed by atoms with Gasteiger partial charge in [0.2, 0.25) is 5.82 Å². The van der Waals surface area contributed by atoms with Crippen LogP contribution in [0.2, 0.25) is 0 Å². The van der Waals surface area contributed by atoms with Crippen LogP contribution in [-0.4, -0.2) is 38.3 Å². The first-order valence-electron chi connectivity index (χ1n) is 7.00. The van der Waals surface area contributed by atoms with E-state index >= 15 is 0 Å². The first-order valence-corrected chi connectivity index (χ1v) is 7.00. The number of methoxy groups -OCH3 is 1. The highest BCUT2D eigenvalue weighted by Crippen LogP contribution is 2.31. The number of tetrazole rings is 1. The number of aryl methyl sites for hydroxylation is 1. The summed E-state index contributed by atoms with van der Waals surface area (Å²) >= 11 is 0. The second-order valence-corrected chi connectivity index (χ2v) is 5.46. The number of H-pyrrole nitrogens is 1. The summed E-state index contributed by atoms with van der Waals surface area (Å²) in [7, 11) is 1.38. The van der Waals surface area contributed by atoms with Crippen molar-refractivity contribution in [2.75, 3.05) is 7.11 Å². The summed E-state index contributed by atoms with van der Waals surface area (Å²) < 4.78 is 7.05. The SMILES string of the molecule is COC(=O)c1cc(-c2nn[nH]n2)cc2c1c(C)cn2C(C)C. The minimum Gasteiger partial charge on any atom is -0.465 e. The van der Waals surface area contributed by atoms with Crippen molar-refractivity contribution < 1.29 is 9.53 Å². The minimum absolute atomic E-state index is 0.266. The number of nitrogens with one attached hydrogen (secondary N) is 1. The molecule has 7 heteroatoms. The number of hydrogen-bond donors (Lipinski definition) is 1. The standard InChI is InChI=1S/C15H17N5O2/c1-8(2)20-7-9(3)13-11(15(21)22-4)5-10(6-12(13)20)14-16-18-19-17-14/h5-8H,1-4H3,(H,16,17,18,19). The van der Waals surface area contributed by atoms with Crippen molar-refractivity contribution in [3.05, 3.63) is 29.5 Å². The number of rotatable bonds is 3. The van der Waals surface area contributed by atoms with Crippen LogP contribution in [0.4, 0.5) is 0 Å². The van der Waals surface area contributed by atoms with Crippen molar-refractivity contribution in [1.82, 2.24) is 25.2 Å². The molecule has 7 nitrogen and oxygen atoms in total. The molecule has 22 heavy (non-hydrogen) atoms. The van der Waals surface area contributed by atoms with Crippen LogP contribution >= 0.6 is 0 Å². The van der Waals surface area contributed by atoms with E-state index in [0.29, 0.717) is 11.4 Å². The highest BCUT2D eigenvalue weighted by atomic mass is 16.5. The van der Waals surface area contributed by atoms with Crippen molar-refractivity contribution in [2.24, 2.45) is 0 Å². The molecule has 1 N–H and O–H groups in total. The Morgan fingerprint density at radius 2 is 2.14 bits per heavy atom. The Morgan fingerprint density at radius 1 is 1.36 bits per heavy atom. The predicted molar refractivity (Wildman–Crippen MR) is 81.6 cm³/mol. The van der Waals surface area contributed by atoms with Gasteiger partial charge in [-0.05, 0) is 43.7 Å². The van der Waals surface area contributed by atoms with Gasteiger partial charge >= 0.3 is 5.97 Å². The maximum Gasteiger partial charge on any atom is 0.338 e. The molecule has 2 heterocycles. The van der Waals surface area contributed by atoms with E-state index in [0.717, 1.165) is 22.0 Å². The maximum atomic E-state index is 12.2. The van der Waals surface area contributed by atoms with Gasteiger partial charge in [0.05, 0.1) is 18.2 Å². The number of aromatic nitrogens is 5. The molecular formula is C15H17N5O2. The summed E-state index contributed by atoms with van der Waals surface area (Å²) in [5.41, 5.74) is 3.22. The predicted octanol–water partition coefficient (Wildman–Crippen LogP) is 2.50. The van der Waals surface area contributed by atoms with Crippen LogP contribution in [-0.2, 0) is 4.74 Å². The largest absolute Gasteiger partial charge is 0.465 e. The highest BCUT2D eigenvalue weighted by Gasteiger charge is 2.20. The number of carbonyl (C=O) groups excluding carboxylic acids is 1. The second-order valence-electron chi connectivity index (χ2n) is 5.46. The van der Waals surface area contributed by atoms with E-state index in [9.17, 15) is 4.79 Å². The van der Waals surface area contributed by atoms with E-state index < -0.39 is 0 Å². The Bertz CT molecular complexity index is 833. The number of aromatic amines is 1. The molecule has 3 rings (SSSR count). The van der Waals surface area contributed by atoms with E-state index in [2.05, 4.69) is 39.0 Å². The van der Waals surface area contributed by atoms with Crippen LogP contribution in [0, 0.1) is 6.92 Å². The zero-order valence-corrected chi connectivity index (χ0v) is 12.9. The van der Waals surface area contributed by atoms with Crippen molar-refractivity contribution in [1.29, 1.82) is 0 Å². The molecule has 0 radical (unpaired) electrons. The molecule has 0 aliphatic rings. The monoisotopic (exact) mass is 299 g/mol. The van der Waals surface area contributed by atoms with Gasteiger partial charge in [0, 0.05) is 23.2 Å². The lowest BCUT2D eigenvalue weighted by Gasteiger charge is -2.11. The van der Waals surface area contributed by atoms with Crippen molar-refractivity contribution >= 4 is 16.9 Å². The number of benzene rings is 1. The summed E-state index contributed by atoms with van der Waals surface area (Å²) in [6, 6.07) is 3.98. The first kappa shape index (κ1) is 14.2. The van der Waals surface area contributed by atoms with Crippen molar-refractivity contribution in [2.45, 2.75) is 26.8 Å². The number of esters is 1. The Kier molecular flexibility index (Phi) is 3.40. The number of fused-ring (bicyclic) bond motifs is 1. The Balaban J connectivity index is 2.37. The highest BCUT2D eigenvalue weighted by molar-refractivity contribution is 6.07. The second kappa shape index (κ2) is 5.25. The molecule has 0 aliphatic carbocycles. The zero-order valence-electron chi connectivity index (χ0n) is 12.9. The van der Waals surface area contributed by atoms with Crippen molar-refractivity contribution in [3.8, 4) is 11.4 Å². The smallest absolute Gasteiger partial charge is 0.338 e. The van der Waals surface area contributed by atoms with Gasteiger partial charge < -0.3 is 9.30 Å². The van der Waals surface area contributed by atoms with Crippen LogP contribution in [0.25, 0.3) is 22.3 Å². The molecule has 3 aromatic rings. The minimum atomic E-state index is -0.375. The molecule has 0 spiro atoms. The molecule has 0 unspecified atom stereocenters. The molecule has 0 saturated heterocycles. The molecule has 0 amide bonds. The van der Waals surface area contributed by atoms with E-state index in [1.807, 2.05) is 19.2 Å². The molecule has 0 aliphatic heterocycles. The maximum absolute atomic E-state index is 12.2. The fraction of sp³-hybridized carbons (Fsp3) is 0.333. The van der Waals surface area contributed by atoms with Crippen LogP contribution in [0.3, 0.4) is 0 Å². The molecule has 114 valence electrons. The molecule has 0 fully saturated rings. The van der Waals surface area contributed by atoms with Gasteiger partial charge in [-0.25, -0.2) is 4.79 Å². The molecule has 0 atom stereocenters. The van der Waals surface area contributed by atoms with E-state index in [1.54, 1.807) is 6.07 Å². The molecule has 1 aromatic carbocycles. The lowest BCUT2D eigenvalue weighted by atomic mass is 10.0. The lowest BCUT2D eigenvalue weighted by molar-refractivity contribution is 0.0603.